The number of amides is 1. The van der Waals surface area contributed by atoms with Crippen LogP contribution in [-0.4, -0.2) is 30.3 Å². The standard InChI is InChI=1S/C24H24FN5O3S/c1-4-15-7-11-18(12-8-15)26-19(31)14-34-23-27-21-20(22(32)29(3)24(33)28(21)2)30(23)13-16-5-9-17(25)10-6-16/h5-12H,4,13-14H2,1-3H3,(H,26,31). The number of aromatic nitrogens is 4. The molecular formula is C24H24FN5O3S. The molecule has 2 heterocycles. The Morgan fingerprint density at radius 1 is 1.00 bits per heavy atom. The van der Waals surface area contributed by atoms with Gasteiger partial charge in [-0.05, 0) is 41.8 Å². The molecule has 0 bridgehead atoms. The molecule has 0 aliphatic heterocycles. The minimum atomic E-state index is -0.492. The first kappa shape index (κ1) is 23.5. The number of nitrogens with zero attached hydrogens (tertiary/aromatic N) is 4. The van der Waals surface area contributed by atoms with Crippen LogP contribution in [0.5, 0.6) is 0 Å². The minimum absolute atomic E-state index is 0.0521. The van der Waals surface area contributed by atoms with E-state index in [4.69, 9.17) is 0 Å². The number of carbonyl (C=O) groups excluding carboxylic acids is 1. The van der Waals surface area contributed by atoms with Crippen molar-refractivity contribution in [2.45, 2.75) is 25.0 Å². The molecule has 2 aromatic carbocycles. The van der Waals surface area contributed by atoms with Crippen molar-refractivity contribution < 1.29 is 9.18 Å². The summed E-state index contributed by atoms with van der Waals surface area (Å²) in [4.78, 5) is 42.4. The van der Waals surface area contributed by atoms with Crippen molar-refractivity contribution in [2.75, 3.05) is 11.1 Å². The van der Waals surface area contributed by atoms with Crippen molar-refractivity contribution in [3.05, 3.63) is 86.3 Å². The number of fused-ring (bicyclic) bond motifs is 1. The van der Waals surface area contributed by atoms with Gasteiger partial charge in [-0.3, -0.25) is 18.7 Å². The molecule has 0 spiro atoms. The lowest BCUT2D eigenvalue weighted by Crippen LogP contribution is -2.37. The number of carbonyl (C=O) groups is 1. The molecule has 0 atom stereocenters. The van der Waals surface area contributed by atoms with Gasteiger partial charge in [-0.2, -0.15) is 0 Å². The van der Waals surface area contributed by atoms with Crippen molar-refractivity contribution in [3.8, 4) is 0 Å². The second kappa shape index (κ2) is 9.68. The van der Waals surface area contributed by atoms with Crippen molar-refractivity contribution in [2.24, 2.45) is 14.1 Å². The average Bonchev–Trinajstić information content (AvgIpc) is 3.20. The molecule has 4 aromatic rings. The first-order valence-electron chi connectivity index (χ1n) is 10.7. The third-order valence-electron chi connectivity index (χ3n) is 5.55. The van der Waals surface area contributed by atoms with Gasteiger partial charge < -0.3 is 9.88 Å². The van der Waals surface area contributed by atoms with Gasteiger partial charge in [-0.1, -0.05) is 43.0 Å². The van der Waals surface area contributed by atoms with Crippen molar-refractivity contribution >= 4 is 34.5 Å². The minimum Gasteiger partial charge on any atom is -0.325 e. The predicted molar refractivity (Wildman–Crippen MR) is 131 cm³/mol. The molecule has 0 radical (unpaired) electrons. The molecule has 0 fully saturated rings. The van der Waals surface area contributed by atoms with Gasteiger partial charge in [-0.25, -0.2) is 14.2 Å². The molecule has 0 aliphatic rings. The quantitative estimate of drug-likeness (QED) is 0.410. The van der Waals surface area contributed by atoms with E-state index in [0.29, 0.717) is 10.8 Å². The lowest BCUT2D eigenvalue weighted by molar-refractivity contribution is -0.113. The van der Waals surface area contributed by atoms with Gasteiger partial charge in [-0.15, -0.1) is 0 Å². The van der Waals surface area contributed by atoms with E-state index in [9.17, 15) is 18.8 Å². The highest BCUT2D eigenvalue weighted by Crippen LogP contribution is 2.23. The monoisotopic (exact) mass is 481 g/mol. The third kappa shape index (κ3) is 4.67. The van der Waals surface area contributed by atoms with E-state index < -0.39 is 11.2 Å². The van der Waals surface area contributed by atoms with Crippen LogP contribution in [0.3, 0.4) is 0 Å². The Morgan fingerprint density at radius 3 is 2.29 bits per heavy atom. The smallest absolute Gasteiger partial charge is 0.325 e. The molecule has 10 heteroatoms. The zero-order valence-corrected chi connectivity index (χ0v) is 19.9. The van der Waals surface area contributed by atoms with Crippen LogP contribution >= 0.6 is 11.8 Å². The molecular weight excluding hydrogens is 457 g/mol. The van der Waals surface area contributed by atoms with E-state index >= 15 is 0 Å². The Bertz CT molecular complexity index is 1470. The van der Waals surface area contributed by atoms with Crippen LogP contribution in [0.1, 0.15) is 18.1 Å². The average molecular weight is 482 g/mol. The summed E-state index contributed by atoms with van der Waals surface area (Å²) >= 11 is 1.16. The van der Waals surface area contributed by atoms with Crippen LogP contribution in [0.2, 0.25) is 0 Å². The molecule has 1 N–H and O–H groups in total. The zero-order valence-electron chi connectivity index (χ0n) is 19.0. The maximum atomic E-state index is 13.4. The van der Waals surface area contributed by atoms with Gasteiger partial charge in [0.25, 0.3) is 5.56 Å². The van der Waals surface area contributed by atoms with Gasteiger partial charge >= 0.3 is 5.69 Å². The number of rotatable bonds is 7. The fourth-order valence-electron chi connectivity index (χ4n) is 3.61. The summed E-state index contributed by atoms with van der Waals surface area (Å²) in [5, 5.41) is 3.27. The molecule has 176 valence electrons. The highest BCUT2D eigenvalue weighted by molar-refractivity contribution is 7.99. The van der Waals surface area contributed by atoms with E-state index in [1.54, 1.807) is 23.7 Å². The Balaban J connectivity index is 1.66. The van der Waals surface area contributed by atoms with E-state index in [0.717, 1.165) is 28.3 Å². The number of imidazole rings is 1. The second-order valence-corrected chi connectivity index (χ2v) is 8.81. The van der Waals surface area contributed by atoms with Crippen LogP contribution in [0, 0.1) is 5.82 Å². The first-order chi connectivity index (χ1) is 16.3. The summed E-state index contributed by atoms with van der Waals surface area (Å²) in [6.45, 7) is 2.29. The van der Waals surface area contributed by atoms with Gasteiger partial charge in [0.2, 0.25) is 5.91 Å². The molecule has 34 heavy (non-hydrogen) atoms. The Morgan fingerprint density at radius 2 is 1.65 bits per heavy atom. The molecule has 0 unspecified atom stereocenters. The molecule has 1 amide bonds. The van der Waals surface area contributed by atoms with E-state index in [2.05, 4.69) is 17.2 Å². The first-order valence-corrected chi connectivity index (χ1v) is 11.7. The van der Waals surface area contributed by atoms with Gasteiger partial charge in [0, 0.05) is 19.8 Å². The molecule has 4 rings (SSSR count). The summed E-state index contributed by atoms with van der Waals surface area (Å²) in [7, 11) is 2.95. The van der Waals surface area contributed by atoms with Crippen LogP contribution < -0.4 is 16.6 Å². The van der Waals surface area contributed by atoms with Crippen molar-refractivity contribution in [1.82, 2.24) is 18.7 Å². The number of hydrogen-bond acceptors (Lipinski definition) is 5. The number of nitrogens with one attached hydrogen (secondary N) is 1. The Kier molecular flexibility index (Phi) is 6.69. The topological polar surface area (TPSA) is 90.9 Å². The highest BCUT2D eigenvalue weighted by Gasteiger charge is 2.20. The Labute approximate surface area is 199 Å². The lowest BCUT2D eigenvalue weighted by atomic mass is 10.1. The summed E-state index contributed by atoms with van der Waals surface area (Å²) in [6, 6.07) is 13.5. The number of aryl methyl sites for hydroxylation is 2. The summed E-state index contributed by atoms with van der Waals surface area (Å²) < 4.78 is 17.4. The maximum absolute atomic E-state index is 13.4. The second-order valence-electron chi connectivity index (χ2n) is 7.87. The van der Waals surface area contributed by atoms with Crippen LogP contribution in [0.15, 0.2) is 63.3 Å². The van der Waals surface area contributed by atoms with Crippen LogP contribution in [0.25, 0.3) is 11.2 Å². The molecule has 0 saturated carbocycles. The number of anilines is 1. The van der Waals surface area contributed by atoms with Gasteiger partial charge in [0.1, 0.15) is 5.82 Å². The van der Waals surface area contributed by atoms with E-state index in [1.807, 2.05) is 24.3 Å². The SMILES string of the molecule is CCc1ccc(NC(=O)CSc2nc3c(c(=O)n(C)c(=O)n3C)n2Cc2ccc(F)cc2)cc1. The van der Waals surface area contributed by atoms with Crippen molar-refractivity contribution in [1.29, 1.82) is 0 Å². The number of thioether (sulfide) groups is 1. The predicted octanol–water partition coefficient (Wildman–Crippen LogP) is 2.91. The van der Waals surface area contributed by atoms with E-state index in [1.165, 1.54) is 29.3 Å². The number of halogens is 1. The summed E-state index contributed by atoms with van der Waals surface area (Å²) in [5.41, 5.74) is 2.11. The lowest BCUT2D eigenvalue weighted by Gasteiger charge is -2.10. The fraction of sp³-hybridized carbons (Fsp3) is 0.250. The normalized spacial score (nSPS) is 11.2. The highest BCUT2D eigenvalue weighted by atomic mass is 32.2. The number of benzene rings is 2. The number of hydrogen-bond donors (Lipinski definition) is 1. The zero-order chi connectivity index (χ0) is 24.4. The maximum Gasteiger partial charge on any atom is 0.332 e. The van der Waals surface area contributed by atoms with Gasteiger partial charge in [0.15, 0.2) is 16.3 Å². The molecule has 8 nitrogen and oxygen atoms in total. The van der Waals surface area contributed by atoms with Gasteiger partial charge in [0.05, 0.1) is 12.3 Å². The fourth-order valence-corrected chi connectivity index (χ4v) is 4.40. The molecule has 0 saturated heterocycles. The Hall–Kier alpha value is -3.66. The van der Waals surface area contributed by atoms with Crippen LogP contribution in [0.4, 0.5) is 10.1 Å². The molecule has 0 aliphatic carbocycles. The summed E-state index contributed by atoms with van der Waals surface area (Å²) in [5.74, 6) is -0.538. The van der Waals surface area contributed by atoms with E-state index in [-0.39, 0.29) is 35.2 Å². The largest absolute Gasteiger partial charge is 0.332 e. The third-order valence-corrected chi connectivity index (χ3v) is 6.52. The molecule has 2 aromatic heterocycles. The van der Waals surface area contributed by atoms with Crippen LogP contribution in [-0.2, 0) is 31.9 Å². The summed E-state index contributed by atoms with van der Waals surface area (Å²) in [6.07, 6.45) is 0.913. The van der Waals surface area contributed by atoms with Crippen molar-refractivity contribution in [3.63, 3.8) is 0 Å².